The molecule has 0 amide bonds. The molecular formula is C11H12O. The molecule has 1 aromatic rings. The average Bonchev–Trinajstić information content (AvgIpc) is 2.04. The van der Waals surface area contributed by atoms with E-state index in [0.29, 0.717) is 0 Å². The summed E-state index contributed by atoms with van der Waals surface area (Å²) < 4.78 is 5.51. The van der Waals surface area contributed by atoms with Crippen LogP contribution < -0.4 is 4.74 Å². The molecule has 0 saturated carbocycles. The Hall–Kier alpha value is -1.24. The fourth-order valence-corrected chi connectivity index (χ4v) is 1.46. The van der Waals surface area contributed by atoms with Crippen molar-refractivity contribution >= 4 is 5.57 Å². The molecule has 0 aliphatic carbocycles. The largest absolute Gasteiger partial charge is 0.493 e. The lowest BCUT2D eigenvalue weighted by Gasteiger charge is -2.19. The molecular weight excluding hydrogens is 148 g/mol. The summed E-state index contributed by atoms with van der Waals surface area (Å²) in [7, 11) is 0. The van der Waals surface area contributed by atoms with E-state index >= 15 is 0 Å². The number of aryl methyl sites for hydroxylation is 1. The second kappa shape index (κ2) is 2.67. The van der Waals surface area contributed by atoms with Crippen LogP contribution >= 0.6 is 0 Å². The van der Waals surface area contributed by atoms with Crippen LogP contribution in [0.4, 0.5) is 0 Å². The van der Waals surface area contributed by atoms with Gasteiger partial charge < -0.3 is 4.74 Å². The van der Waals surface area contributed by atoms with Gasteiger partial charge in [-0.25, -0.2) is 0 Å². The second-order valence-corrected chi connectivity index (χ2v) is 3.20. The normalized spacial score (nSPS) is 15.2. The average molecular weight is 160 g/mol. The van der Waals surface area contributed by atoms with Crippen LogP contribution in [-0.2, 0) is 0 Å². The minimum absolute atomic E-state index is 0.773. The Morgan fingerprint density at radius 2 is 2.25 bits per heavy atom. The molecule has 0 fully saturated rings. The van der Waals surface area contributed by atoms with Gasteiger partial charge in [0.25, 0.3) is 0 Å². The fraction of sp³-hybridized carbons (Fsp3) is 0.273. The molecule has 1 aromatic carbocycles. The van der Waals surface area contributed by atoms with E-state index in [-0.39, 0.29) is 0 Å². The molecule has 0 saturated heterocycles. The lowest BCUT2D eigenvalue weighted by Crippen LogP contribution is -2.06. The van der Waals surface area contributed by atoms with E-state index in [1.165, 1.54) is 16.7 Å². The lowest BCUT2D eigenvalue weighted by molar-refractivity contribution is 0.316. The maximum Gasteiger partial charge on any atom is 0.127 e. The summed E-state index contributed by atoms with van der Waals surface area (Å²) in [5.74, 6) is 0.992. The van der Waals surface area contributed by atoms with Crippen molar-refractivity contribution in [2.24, 2.45) is 0 Å². The summed E-state index contributed by atoms with van der Waals surface area (Å²) >= 11 is 0. The highest BCUT2D eigenvalue weighted by Gasteiger charge is 2.12. The van der Waals surface area contributed by atoms with Crippen molar-refractivity contribution < 1.29 is 4.74 Å². The zero-order valence-corrected chi connectivity index (χ0v) is 7.26. The van der Waals surface area contributed by atoms with E-state index in [2.05, 4.69) is 31.7 Å². The third kappa shape index (κ3) is 1.11. The molecule has 2 rings (SSSR count). The number of benzene rings is 1. The van der Waals surface area contributed by atoms with E-state index < -0.39 is 0 Å². The first kappa shape index (κ1) is 7.41. The monoisotopic (exact) mass is 160 g/mol. The topological polar surface area (TPSA) is 9.23 Å². The number of fused-ring (bicyclic) bond motifs is 1. The summed E-state index contributed by atoms with van der Waals surface area (Å²) in [6, 6.07) is 6.25. The predicted molar refractivity (Wildman–Crippen MR) is 50.3 cm³/mol. The van der Waals surface area contributed by atoms with Gasteiger partial charge >= 0.3 is 0 Å². The van der Waals surface area contributed by atoms with Gasteiger partial charge in [0.2, 0.25) is 0 Å². The van der Waals surface area contributed by atoms with Crippen molar-refractivity contribution in [3.63, 3.8) is 0 Å². The van der Waals surface area contributed by atoms with Crippen molar-refractivity contribution in [3.05, 3.63) is 35.9 Å². The van der Waals surface area contributed by atoms with Crippen LogP contribution in [0.5, 0.6) is 5.75 Å². The molecule has 12 heavy (non-hydrogen) atoms. The molecule has 0 aromatic heterocycles. The fourth-order valence-electron chi connectivity index (χ4n) is 1.46. The molecule has 0 spiro atoms. The Morgan fingerprint density at radius 1 is 1.42 bits per heavy atom. The predicted octanol–water partition coefficient (Wildman–Crippen LogP) is 2.79. The van der Waals surface area contributed by atoms with Crippen LogP contribution in [-0.4, -0.2) is 6.61 Å². The molecule has 0 N–H and O–H groups in total. The molecule has 0 radical (unpaired) electrons. The van der Waals surface area contributed by atoms with Crippen molar-refractivity contribution in [2.45, 2.75) is 13.3 Å². The van der Waals surface area contributed by atoms with E-state index in [1.807, 2.05) is 0 Å². The van der Waals surface area contributed by atoms with Gasteiger partial charge in [-0.15, -0.1) is 0 Å². The Balaban J connectivity index is 2.53. The highest BCUT2D eigenvalue weighted by molar-refractivity contribution is 5.70. The van der Waals surface area contributed by atoms with Crippen LogP contribution in [0.25, 0.3) is 5.57 Å². The molecule has 1 nitrogen and oxygen atoms in total. The van der Waals surface area contributed by atoms with Gasteiger partial charge in [-0.3, -0.25) is 0 Å². The molecule has 1 heterocycles. The number of hydrogen-bond acceptors (Lipinski definition) is 1. The summed E-state index contributed by atoms with van der Waals surface area (Å²) in [6.07, 6.45) is 0.954. The third-order valence-corrected chi connectivity index (χ3v) is 2.18. The second-order valence-electron chi connectivity index (χ2n) is 3.20. The number of hydrogen-bond donors (Lipinski definition) is 0. The summed E-state index contributed by atoms with van der Waals surface area (Å²) in [5.41, 5.74) is 3.60. The van der Waals surface area contributed by atoms with Crippen LogP contribution in [0.15, 0.2) is 24.8 Å². The number of ether oxygens (including phenoxy) is 1. The van der Waals surface area contributed by atoms with Crippen LogP contribution in [0.1, 0.15) is 17.5 Å². The number of rotatable bonds is 0. The van der Waals surface area contributed by atoms with Gasteiger partial charge in [-0.05, 0) is 24.1 Å². The highest BCUT2D eigenvalue weighted by atomic mass is 16.5. The first-order chi connectivity index (χ1) is 5.77. The van der Waals surface area contributed by atoms with Crippen molar-refractivity contribution in [2.75, 3.05) is 6.61 Å². The maximum absolute atomic E-state index is 5.51. The van der Waals surface area contributed by atoms with Gasteiger partial charge in [0.05, 0.1) is 6.61 Å². The van der Waals surface area contributed by atoms with Gasteiger partial charge in [-0.2, -0.15) is 0 Å². The van der Waals surface area contributed by atoms with E-state index in [1.54, 1.807) is 0 Å². The Bertz CT molecular complexity index is 326. The van der Waals surface area contributed by atoms with E-state index in [0.717, 1.165) is 18.8 Å². The third-order valence-electron chi connectivity index (χ3n) is 2.18. The van der Waals surface area contributed by atoms with Crippen LogP contribution in [0.3, 0.4) is 0 Å². The SMILES string of the molecule is C=C1CCOc2cc(C)ccc21. The Kier molecular flexibility index (Phi) is 1.65. The molecule has 1 heteroatoms. The first-order valence-corrected chi connectivity index (χ1v) is 4.19. The zero-order valence-electron chi connectivity index (χ0n) is 7.26. The molecule has 0 atom stereocenters. The van der Waals surface area contributed by atoms with Crippen molar-refractivity contribution in [1.29, 1.82) is 0 Å². The molecule has 1 aliphatic rings. The van der Waals surface area contributed by atoms with Crippen molar-refractivity contribution in [3.8, 4) is 5.75 Å². The molecule has 1 aliphatic heterocycles. The quantitative estimate of drug-likeness (QED) is 0.567. The van der Waals surface area contributed by atoms with Crippen LogP contribution in [0, 0.1) is 6.92 Å². The molecule has 62 valence electrons. The Labute approximate surface area is 72.7 Å². The zero-order chi connectivity index (χ0) is 8.55. The lowest BCUT2D eigenvalue weighted by atomic mass is 10.0. The summed E-state index contributed by atoms with van der Waals surface area (Å²) in [6.45, 7) is 6.85. The van der Waals surface area contributed by atoms with Gasteiger partial charge in [0.15, 0.2) is 0 Å². The van der Waals surface area contributed by atoms with Gasteiger partial charge in [0.1, 0.15) is 5.75 Å². The molecule has 0 bridgehead atoms. The first-order valence-electron chi connectivity index (χ1n) is 4.19. The minimum Gasteiger partial charge on any atom is -0.493 e. The summed E-state index contributed by atoms with van der Waals surface area (Å²) in [5, 5.41) is 0. The summed E-state index contributed by atoms with van der Waals surface area (Å²) in [4.78, 5) is 0. The Morgan fingerprint density at radius 3 is 3.08 bits per heavy atom. The highest BCUT2D eigenvalue weighted by Crippen LogP contribution is 2.31. The van der Waals surface area contributed by atoms with E-state index in [4.69, 9.17) is 4.74 Å². The van der Waals surface area contributed by atoms with Crippen molar-refractivity contribution in [1.82, 2.24) is 0 Å². The minimum atomic E-state index is 0.773. The van der Waals surface area contributed by atoms with Gasteiger partial charge in [-0.1, -0.05) is 18.7 Å². The standard InChI is InChI=1S/C11H12O/c1-8-3-4-10-9(2)5-6-12-11(10)7-8/h3-4,7H,2,5-6H2,1H3. The van der Waals surface area contributed by atoms with Gasteiger partial charge in [0, 0.05) is 12.0 Å². The van der Waals surface area contributed by atoms with Crippen LogP contribution in [0.2, 0.25) is 0 Å². The maximum atomic E-state index is 5.51. The molecule has 0 unspecified atom stereocenters. The van der Waals surface area contributed by atoms with E-state index in [9.17, 15) is 0 Å². The smallest absolute Gasteiger partial charge is 0.127 e.